The molecule has 0 saturated heterocycles. The minimum Gasteiger partial charge on any atom is -0.399 e. The maximum atomic E-state index is 11.8. The summed E-state index contributed by atoms with van der Waals surface area (Å²) in [6, 6.07) is 4.92. The van der Waals surface area contributed by atoms with Crippen molar-refractivity contribution in [2.45, 2.75) is 6.92 Å². The molecule has 0 aliphatic rings. The Morgan fingerprint density at radius 3 is 2.94 bits per heavy atom. The number of aromatic nitrogens is 1. The number of hydrogen-bond acceptors (Lipinski definition) is 4. The maximum absolute atomic E-state index is 11.8. The van der Waals surface area contributed by atoms with Crippen molar-refractivity contribution in [3.8, 4) is 0 Å². The highest BCUT2D eigenvalue weighted by molar-refractivity contribution is 7.09. The van der Waals surface area contributed by atoms with Gasteiger partial charge in [-0.1, -0.05) is 11.6 Å². The lowest BCUT2D eigenvalue weighted by Crippen LogP contribution is -2.12. The van der Waals surface area contributed by atoms with Gasteiger partial charge in [0.25, 0.3) is 5.91 Å². The fourth-order valence-corrected chi connectivity index (χ4v) is 2.05. The zero-order valence-electron chi connectivity index (χ0n) is 9.03. The lowest BCUT2D eigenvalue weighted by molar-refractivity contribution is 0.102. The molecule has 0 aliphatic carbocycles. The van der Waals surface area contributed by atoms with Crippen molar-refractivity contribution in [3.05, 3.63) is 39.3 Å². The predicted octanol–water partition coefficient (Wildman–Crippen LogP) is 2.94. The van der Waals surface area contributed by atoms with E-state index in [0.717, 1.165) is 5.01 Å². The van der Waals surface area contributed by atoms with E-state index in [0.29, 0.717) is 22.1 Å². The highest BCUT2D eigenvalue weighted by atomic mass is 35.5. The number of halogens is 1. The second kappa shape index (κ2) is 4.73. The number of aryl methyl sites for hydroxylation is 1. The summed E-state index contributed by atoms with van der Waals surface area (Å²) in [4.78, 5) is 15.9. The van der Waals surface area contributed by atoms with Gasteiger partial charge in [-0.2, -0.15) is 0 Å². The molecule has 0 spiro atoms. The third-order valence-electron chi connectivity index (χ3n) is 2.09. The first-order chi connectivity index (χ1) is 8.06. The molecule has 6 heteroatoms. The molecule has 0 saturated carbocycles. The Kier molecular flexibility index (Phi) is 3.31. The second-order valence-electron chi connectivity index (χ2n) is 3.45. The first-order valence-corrected chi connectivity index (χ1v) is 6.10. The largest absolute Gasteiger partial charge is 0.399 e. The zero-order chi connectivity index (χ0) is 12.4. The molecule has 0 atom stereocenters. The van der Waals surface area contributed by atoms with E-state index in [-0.39, 0.29) is 5.91 Å². The van der Waals surface area contributed by atoms with Crippen molar-refractivity contribution in [1.29, 1.82) is 0 Å². The number of carbonyl (C=O) groups excluding carboxylic acids is 1. The lowest BCUT2D eigenvalue weighted by Gasteiger charge is -2.06. The number of nitrogens with zero attached hydrogens (tertiary/aromatic N) is 1. The summed E-state index contributed by atoms with van der Waals surface area (Å²) in [5.74, 6) is -0.290. The Morgan fingerprint density at radius 2 is 2.29 bits per heavy atom. The fourth-order valence-electron chi connectivity index (χ4n) is 1.29. The zero-order valence-corrected chi connectivity index (χ0v) is 10.6. The highest BCUT2D eigenvalue weighted by Crippen LogP contribution is 2.24. The number of nitrogens with one attached hydrogen (secondary N) is 1. The number of nitrogens with two attached hydrogens (primary N) is 1. The Labute approximate surface area is 107 Å². The van der Waals surface area contributed by atoms with E-state index >= 15 is 0 Å². The molecule has 4 nitrogen and oxygen atoms in total. The summed E-state index contributed by atoms with van der Waals surface area (Å²) < 4.78 is 0. The molecular weight excluding hydrogens is 258 g/mol. The van der Waals surface area contributed by atoms with Gasteiger partial charge in [0.1, 0.15) is 5.69 Å². The number of nitrogen functional groups attached to an aromatic ring is 1. The molecule has 3 N–H and O–H groups in total. The molecule has 2 rings (SSSR count). The number of rotatable bonds is 2. The van der Waals surface area contributed by atoms with Crippen LogP contribution in [-0.2, 0) is 0 Å². The van der Waals surface area contributed by atoms with Gasteiger partial charge in [0, 0.05) is 11.1 Å². The molecule has 1 aromatic carbocycles. The smallest absolute Gasteiger partial charge is 0.275 e. The highest BCUT2D eigenvalue weighted by Gasteiger charge is 2.11. The third kappa shape index (κ3) is 2.75. The molecule has 0 unspecified atom stereocenters. The van der Waals surface area contributed by atoms with Crippen molar-refractivity contribution in [3.63, 3.8) is 0 Å². The van der Waals surface area contributed by atoms with E-state index in [2.05, 4.69) is 10.3 Å². The summed E-state index contributed by atoms with van der Waals surface area (Å²) in [6.07, 6.45) is 0. The average molecular weight is 268 g/mol. The van der Waals surface area contributed by atoms with Crippen LogP contribution in [0.2, 0.25) is 5.02 Å². The fraction of sp³-hybridized carbons (Fsp3) is 0.0909. The van der Waals surface area contributed by atoms with Crippen molar-refractivity contribution in [1.82, 2.24) is 4.98 Å². The molecule has 0 fully saturated rings. The van der Waals surface area contributed by atoms with Crippen LogP contribution in [0.1, 0.15) is 15.5 Å². The number of amides is 1. The lowest BCUT2D eigenvalue weighted by atomic mass is 10.2. The van der Waals surface area contributed by atoms with E-state index in [1.54, 1.807) is 23.6 Å². The van der Waals surface area contributed by atoms with Gasteiger partial charge >= 0.3 is 0 Å². The summed E-state index contributed by atoms with van der Waals surface area (Å²) in [5, 5.41) is 5.66. The van der Waals surface area contributed by atoms with E-state index < -0.39 is 0 Å². The minimum atomic E-state index is -0.290. The Morgan fingerprint density at radius 1 is 1.53 bits per heavy atom. The standard InChI is InChI=1S/C11H10ClN3OS/c1-6-14-10(5-17-6)11(16)15-9-4-7(13)2-3-8(9)12/h2-5H,13H2,1H3,(H,15,16). The van der Waals surface area contributed by atoms with Gasteiger partial charge in [-0.3, -0.25) is 4.79 Å². The SMILES string of the molecule is Cc1nc(C(=O)Nc2cc(N)ccc2Cl)cs1. The first-order valence-electron chi connectivity index (χ1n) is 4.85. The van der Waals surface area contributed by atoms with E-state index in [4.69, 9.17) is 17.3 Å². The number of anilines is 2. The van der Waals surface area contributed by atoms with Crippen LogP contribution >= 0.6 is 22.9 Å². The molecular formula is C11H10ClN3OS. The number of thiazole rings is 1. The summed E-state index contributed by atoms with van der Waals surface area (Å²) in [7, 11) is 0. The number of benzene rings is 1. The van der Waals surface area contributed by atoms with Crippen LogP contribution in [0, 0.1) is 6.92 Å². The van der Waals surface area contributed by atoms with Gasteiger partial charge in [0.2, 0.25) is 0 Å². The van der Waals surface area contributed by atoms with Crippen molar-refractivity contribution >= 4 is 40.2 Å². The molecule has 1 aromatic heterocycles. The van der Waals surface area contributed by atoms with Crippen LogP contribution in [0.4, 0.5) is 11.4 Å². The minimum absolute atomic E-state index is 0.290. The van der Waals surface area contributed by atoms with Crippen molar-refractivity contribution in [2.75, 3.05) is 11.1 Å². The molecule has 17 heavy (non-hydrogen) atoms. The molecule has 0 aliphatic heterocycles. The summed E-state index contributed by atoms with van der Waals surface area (Å²) in [6.45, 7) is 1.84. The van der Waals surface area contributed by atoms with E-state index in [1.807, 2.05) is 6.92 Å². The van der Waals surface area contributed by atoms with Gasteiger partial charge < -0.3 is 11.1 Å². The van der Waals surface area contributed by atoms with E-state index in [9.17, 15) is 4.79 Å². The summed E-state index contributed by atoms with van der Waals surface area (Å²) in [5.41, 5.74) is 7.03. The van der Waals surface area contributed by atoms with Crippen LogP contribution in [0.25, 0.3) is 0 Å². The van der Waals surface area contributed by atoms with Gasteiger partial charge in [0.05, 0.1) is 15.7 Å². The first kappa shape index (κ1) is 11.9. The molecule has 88 valence electrons. The molecule has 0 bridgehead atoms. The predicted molar refractivity (Wildman–Crippen MR) is 70.7 cm³/mol. The number of hydrogen-bond donors (Lipinski definition) is 2. The van der Waals surface area contributed by atoms with Crippen LogP contribution in [-0.4, -0.2) is 10.9 Å². The topological polar surface area (TPSA) is 68.0 Å². The Hall–Kier alpha value is -1.59. The maximum Gasteiger partial charge on any atom is 0.275 e. The normalized spacial score (nSPS) is 10.2. The quantitative estimate of drug-likeness (QED) is 0.822. The van der Waals surface area contributed by atoms with Gasteiger partial charge in [-0.05, 0) is 25.1 Å². The van der Waals surface area contributed by atoms with Crippen molar-refractivity contribution < 1.29 is 4.79 Å². The van der Waals surface area contributed by atoms with Crippen LogP contribution in [0.5, 0.6) is 0 Å². The monoisotopic (exact) mass is 267 g/mol. The second-order valence-corrected chi connectivity index (χ2v) is 4.91. The van der Waals surface area contributed by atoms with Gasteiger partial charge in [-0.15, -0.1) is 11.3 Å². The van der Waals surface area contributed by atoms with Gasteiger partial charge in [-0.25, -0.2) is 4.98 Å². The molecule has 1 heterocycles. The summed E-state index contributed by atoms with van der Waals surface area (Å²) >= 11 is 7.37. The molecule has 2 aromatic rings. The van der Waals surface area contributed by atoms with Crippen molar-refractivity contribution in [2.24, 2.45) is 0 Å². The van der Waals surface area contributed by atoms with Crippen LogP contribution in [0.15, 0.2) is 23.6 Å². The van der Waals surface area contributed by atoms with Crippen LogP contribution < -0.4 is 11.1 Å². The Balaban J connectivity index is 2.21. The molecule has 1 amide bonds. The Bertz CT molecular complexity index is 568. The molecule has 0 radical (unpaired) electrons. The number of carbonyl (C=O) groups is 1. The van der Waals surface area contributed by atoms with Crippen LogP contribution in [0.3, 0.4) is 0 Å². The van der Waals surface area contributed by atoms with E-state index in [1.165, 1.54) is 11.3 Å². The third-order valence-corrected chi connectivity index (χ3v) is 3.19. The van der Waals surface area contributed by atoms with Gasteiger partial charge in [0.15, 0.2) is 0 Å². The average Bonchev–Trinajstić information content (AvgIpc) is 2.70.